The van der Waals surface area contributed by atoms with Crippen LogP contribution in [0.15, 0.2) is 180 Å². The maximum absolute atomic E-state index is 6.61. The van der Waals surface area contributed by atoms with Gasteiger partial charge in [-0.3, -0.25) is 0 Å². The Hall–Kier alpha value is -6.91. The van der Waals surface area contributed by atoms with Crippen LogP contribution >= 0.6 is 0 Å². The van der Waals surface area contributed by atoms with Gasteiger partial charge in [-0.25, -0.2) is 15.0 Å². The van der Waals surface area contributed by atoms with Gasteiger partial charge in [0.05, 0.1) is 0 Å². The SMILES string of the molecule is c1ccc(-c2nc(-c3ccccc3)nc(-c3cc4c5cc(-c6cccc(-c7ccc8ccccc8c7)c6)ccc5oc4c4ccccc34)n2)cc1. The van der Waals surface area contributed by atoms with Crippen molar-refractivity contribution in [1.29, 1.82) is 0 Å². The molecule has 4 heteroatoms. The van der Waals surface area contributed by atoms with Crippen molar-refractivity contribution in [2.75, 3.05) is 0 Å². The maximum atomic E-state index is 6.61. The molecule has 51 heavy (non-hydrogen) atoms. The Bertz CT molecular complexity index is 2860. The molecule has 0 saturated carbocycles. The number of rotatable bonds is 5. The van der Waals surface area contributed by atoms with Crippen LogP contribution in [0.25, 0.3) is 99.9 Å². The molecule has 10 aromatic rings. The molecule has 0 saturated heterocycles. The summed E-state index contributed by atoms with van der Waals surface area (Å²) in [5, 5.41) is 6.59. The van der Waals surface area contributed by atoms with Gasteiger partial charge in [0.2, 0.25) is 0 Å². The van der Waals surface area contributed by atoms with Gasteiger partial charge in [-0.1, -0.05) is 146 Å². The van der Waals surface area contributed by atoms with Gasteiger partial charge >= 0.3 is 0 Å². The zero-order valence-corrected chi connectivity index (χ0v) is 27.5. The van der Waals surface area contributed by atoms with Crippen molar-refractivity contribution >= 4 is 43.5 Å². The van der Waals surface area contributed by atoms with E-state index in [2.05, 4.69) is 115 Å². The molecular weight excluding hydrogens is 623 g/mol. The van der Waals surface area contributed by atoms with Gasteiger partial charge in [0.1, 0.15) is 11.2 Å². The highest BCUT2D eigenvalue weighted by atomic mass is 16.3. The van der Waals surface area contributed by atoms with Gasteiger partial charge in [0.25, 0.3) is 0 Å². The van der Waals surface area contributed by atoms with Gasteiger partial charge in [0, 0.05) is 32.8 Å². The molecule has 0 fully saturated rings. The minimum atomic E-state index is 0.620. The predicted octanol–water partition coefficient (Wildman–Crippen LogP) is 12.4. The van der Waals surface area contributed by atoms with E-state index in [0.29, 0.717) is 17.5 Å². The molecule has 0 amide bonds. The van der Waals surface area contributed by atoms with Gasteiger partial charge in [-0.05, 0) is 68.7 Å². The summed E-state index contributed by atoms with van der Waals surface area (Å²) in [6.45, 7) is 0. The molecule has 2 aromatic heterocycles. The predicted molar refractivity (Wildman–Crippen MR) is 209 cm³/mol. The summed E-state index contributed by atoms with van der Waals surface area (Å²) in [5.74, 6) is 1.89. The third-order valence-corrected chi connectivity index (χ3v) is 9.70. The highest BCUT2D eigenvalue weighted by Gasteiger charge is 2.19. The molecule has 0 aliphatic rings. The lowest BCUT2D eigenvalue weighted by atomic mass is 9.96. The third-order valence-electron chi connectivity index (χ3n) is 9.70. The van der Waals surface area contributed by atoms with E-state index in [9.17, 15) is 0 Å². The minimum Gasteiger partial charge on any atom is -0.455 e. The highest BCUT2D eigenvalue weighted by molar-refractivity contribution is 6.19. The molecular formula is C47H29N3O. The topological polar surface area (TPSA) is 51.8 Å². The van der Waals surface area contributed by atoms with E-state index < -0.39 is 0 Å². The van der Waals surface area contributed by atoms with Crippen LogP contribution in [0.2, 0.25) is 0 Å². The molecule has 238 valence electrons. The van der Waals surface area contributed by atoms with Crippen molar-refractivity contribution < 1.29 is 4.42 Å². The molecule has 0 radical (unpaired) electrons. The molecule has 8 aromatic carbocycles. The quantitative estimate of drug-likeness (QED) is 0.186. The average molecular weight is 652 g/mol. The van der Waals surface area contributed by atoms with E-state index in [-0.39, 0.29) is 0 Å². The normalized spacial score (nSPS) is 11.5. The second-order valence-electron chi connectivity index (χ2n) is 12.8. The Morgan fingerprint density at radius 1 is 0.314 bits per heavy atom. The number of hydrogen-bond acceptors (Lipinski definition) is 4. The smallest absolute Gasteiger partial charge is 0.164 e. The van der Waals surface area contributed by atoms with E-state index in [1.807, 2.05) is 60.7 Å². The van der Waals surface area contributed by atoms with Crippen LogP contribution in [0, 0.1) is 0 Å². The number of fused-ring (bicyclic) bond motifs is 6. The summed E-state index contributed by atoms with van der Waals surface area (Å²) in [4.78, 5) is 15.1. The molecule has 10 rings (SSSR count). The molecule has 4 nitrogen and oxygen atoms in total. The van der Waals surface area contributed by atoms with Crippen LogP contribution < -0.4 is 0 Å². The summed E-state index contributed by atoms with van der Waals surface area (Å²) in [7, 11) is 0. The molecule has 0 unspecified atom stereocenters. The lowest BCUT2D eigenvalue weighted by molar-refractivity contribution is 0.673. The fourth-order valence-electron chi connectivity index (χ4n) is 7.14. The van der Waals surface area contributed by atoms with Gasteiger partial charge in [-0.2, -0.15) is 0 Å². The molecule has 2 heterocycles. The third kappa shape index (κ3) is 5.13. The first kappa shape index (κ1) is 29.0. The first-order valence-corrected chi connectivity index (χ1v) is 17.1. The first-order chi connectivity index (χ1) is 25.2. The van der Waals surface area contributed by atoms with E-state index >= 15 is 0 Å². The van der Waals surface area contributed by atoms with Gasteiger partial charge < -0.3 is 4.42 Å². The van der Waals surface area contributed by atoms with Crippen LogP contribution in [0.4, 0.5) is 0 Å². The zero-order chi connectivity index (χ0) is 33.7. The van der Waals surface area contributed by atoms with Crippen LogP contribution in [0.3, 0.4) is 0 Å². The molecule has 0 spiro atoms. The molecule has 0 atom stereocenters. The second-order valence-corrected chi connectivity index (χ2v) is 12.8. The summed E-state index contributed by atoms with van der Waals surface area (Å²) in [6.07, 6.45) is 0. The standard InChI is InChI=1S/C47H29N3O/c1-3-13-31(14-4-1)45-48-46(32-15-5-2-6-16-32)50-47(49-45)42-29-41-40-28-37(24-25-43(40)51-44(41)39-21-10-9-20-38(39)42)35-19-11-18-34(27-35)36-23-22-30-12-7-8-17-33(30)26-36/h1-29H. The molecule has 0 aliphatic carbocycles. The van der Waals surface area contributed by atoms with Crippen molar-refractivity contribution in [2.24, 2.45) is 0 Å². The lowest BCUT2D eigenvalue weighted by Gasteiger charge is -2.11. The lowest BCUT2D eigenvalue weighted by Crippen LogP contribution is -2.00. The Morgan fingerprint density at radius 2 is 0.863 bits per heavy atom. The van der Waals surface area contributed by atoms with E-state index in [4.69, 9.17) is 19.4 Å². The molecule has 0 bridgehead atoms. The van der Waals surface area contributed by atoms with Crippen molar-refractivity contribution in [3.63, 3.8) is 0 Å². The van der Waals surface area contributed by atoms with Crippen molar-refractivity contribution in [3.05, 3.63) is 176 Å². The Labute approximate surface area is 294 Å². The van der Waals surface area contributed by atoms with Crippen molar-refractivity contribution in [3.8, 4) is 56.4 Å². The van der Waals surface area contributed by atoms with Gasteiger partial charge in [-0.15, -0.1) is 0 Å². The van der Waals surface area contributed by atoms with E-state index in [1.54, 1.807) is 0 Å². The second kappa shape index (κ2) is 11.9. The van der Waals surface area contributed by atoms with Crippen molar-refractivity contribution in [1.82, 2.24) is 15.0 Å². The van der Waals surface area contributed by atoms with Crippen LogP contribution in [0.1, 0.15) is 0 Å². The minimum absolute atomic E-state index is 0.620. The number of aromatic nitrogens is 3. The van der Waals surface area contributed by atoms with E-state index in [1.165, 1.54) is 21.9 Å². The number of hydrogen-bond donors (Lipinski definition) is 0. The maximum Gasteiger partial charge on any atom is 0.164 e. The summed E-state index contributed by atoms with van der Waals surface area (Å²) < 4.78 is 6.61. The largest absolute Gasteiger partial charge is 0.455 e. The number of benzene rings is 8. The highest BCUT2D eigenvalue weighted by Crippen LogP contribution is 2.41. The fraction of sp³-hybridized carbons (Fsp3) is 0. The number of furan rings is 1. The summed E-state index contributed by atoms with van der Waals surface area (Å²) in [6, 6.07) is 61.1. The number of nitrogens with zero attached hydrogens (tertiary/aromatic N) is 3. The van der Waals surface area contributed by atoms with Gasteiger partial charge in [0.15, 0.2) is 17.5 Å². The summed E-state index contributed by atoms with van der Waals surface area (Å²) >= 11 is 0. The van der Waals surface area contributed by atoms with Crippen LogP contribution in [-0.4, -0.2) is 15.0 Å². The van der Waals surface area contributed by atoms with Crippen LogP contribution in [0.5, 0.6) is 0 Å². The monoisotopic (exact) mass is 651 g/mol. The summed E-state index contributed by atoms with van der Waals surface area (Å²) in [5.41, 5.74) is 9.16. The Kier molecular flexibility index (Phi) is 6.78. The average Bonchev–Trinajstić information content (AvgIpc) is 3.59. The molecule has 0 aliphatic heterocycles. The fourth-order valence-corrected chi connectivity index (χ4v) is 7.14. The Morgan fingerprint density at radius 3 is 1.59 bits per heavy atom. The molecule has 0 N–H and O–H groups in total. The Balaban J connectivity index is 1.16. The zero-order valence-electron chi connectivity index (χ0n) is 27.5. The van der Waals surface area contributed by atoms with Crippen molar-refractivity contribution in [2.45, 2.75) is 0 Å². The van der Waals surface area contributed by atoms with Crippen LogP contribution in [-0.2, 0) is 0 Å². The van der Waals surface area contributed by atoms with E-state index in [0.717, 1.165) is 60.5 Å². The first-order valence-electron chi connectivity index (χ1n) is 17.1.